The van der Waals surface area contributed by atoms with Crippen molar-refractivity contribution >= 4 is 17.4 Å². The number of rotatable bonds is 3. The molecule has 1 atom stereocenters. The molecule has 2 heterocycles. The molecule has 1 fully saturated rings. The first-order valence-corrected chi connectivity index (χ1v) is 5.53. The van der Waals surface area contributed by atoms with Crippen LogP contribution in [-0.2, 0) is 11.2 Å². The molecule has 0 bridgehead atoms. The summed E-state index contributed by atoms with van der Waals surface area (Å²) in [4.78, 5) is 12.2. The minimum Gasteiger partial charge on any atom is -0.447 e. The molecule has 1 aliphatic heterocycles. The largest absolute Gasteiger partial charge is 0.447 e. The zero-order chi connectivity index (χ0) is 10.0. The van der Waals surface area contributed by atoms with Gasteiger partial charge in [-0.15, -0.1) is 11.3 Å². The Morgan fingerprint density at radius 3 is 3.14 bits per heavy atom. The van der Waals surface area contributed by atoms with Gasteiger partial charge < -0.3 is 10.1 Å². The third kappa shape index (κ3) is 2.07. The molecule has 0 spiro atoms. The molecule has 0 aliphatic carbocycles. The van der Waals surface area contributed by atoms with E-state index in [-0.39, 0.29) is 11.6 Å². The first-order chi connectivity index (χ1) is 6.68. The van der Waals surface area contributed by atoms with E-state index in [1.807, 2.05) is 13.0 Å². The summed E-state index contributed by atoms with van der Waals surface area (Å²) < 4.78 is 4.89. The molecule has 14 heavy (non-hydrogen) atoms. The predicted octanol–water partition coefficient (Wildman–Crippen LogP) is 2.18. The van der Waals surface area contributed by atoms with Crippen LogP contribution in [0.25, 0.3) is 0 Å². The molecule has 1 aromatic heterocycles. The van der Waals surface area contributed by atoms with Crippen molar-refractivity contribution in [3.05, 3.63) is 22.4 Å². The highest BCUT2D eigenvalue weighted by Crippen LogP contribution is 2.21. The normalized spacial score (nSPS) is 25.9. The molecule has 1 aromatic rings. The van der Waals surface area contributed by atoms with E-state index in [2.05, 4.69) is 16.8 Å². The van der Waals surface area contributed by atoms with E-state index in [1.54, 1.807) is 11.3 Å². The van der Waals surface area contributed by atoms with Crippen molar-refractivity contribution in [2.45, 2.75) is 25.3 Å². The van der Waals surface area contributed by atoms with Crippen molar-refractivity contribution in [3.8, 4) is 0 Å². The minimum absolute atomic E-state index is 0.179. The lowest BCUT2D eigenvalue weighted by Crippen LogP contribution is -2.40. The fraction of sp³-hybridized carbons (Fsp3) is 0.500. The van der Waals surface area contributed by atoms with Crippen molar-refractivity contribution in [1.82, 2.24) is 5.32 Å². The third-order valence-electron chi connectivity index (χ3n) is 2.43. The summed E-state index contributed by atoms with van der Waals surface area (Å²) in [5.74, 6) is 0. The number of amides is 1. The maximum atomic E-state index is 10.9. The molecule has 1 N–H and O–H groups in total. The van der Waals surface area contributed by atoms with E-state index in [1.165, 1.54) is 4.88 Å². The van der Waals surface area contributed by atoms with Gasteiger partial charge in [-0.2, -0.15) is 0 Å². The van der Waals surface area contributed by atoms with E-state index >= 15 is 0 Å². The van der Waals surface area contributed by atoms with Gasteiger partial charge in [-0.3, -0.25) is 0 Å². The average Bonchev–Trinajstić information content (AvgIpc) is 2.73. The second kappa shape index (κ2) is 3.61. The van der Waals surface area contributed by atoms with E-state index < -0.39 is 0 Å². The van der Waals surface area contributed by atoms with Crippen LogP contribution in [0.4, 0.5) is 4.79 Å². The summed E-state index contributed by atoms with van der Waals surface area (Å²) in [5, 5.41) is 4.91. The zero-order valence-corrected chi connectivity index (χ0v) is 8.89. The molecular weight excluding hydrogens is 198 g/mol. The van der Waals surface area contributed by atoms with E-state index in [0.717, 1.165) is 12.8 Å². The minimum atomic E-state index is -0.293. The van der Waals surface area contributed by atoms with Crippen molar-refractivity contribution in [2.24, 2.45) is 0 Å². The highest BCUT2D eigenvalue weighted by atomic mass is 32.1. The Kier molecular flexibility index (Phi) is 2.46. The van der Waals surface area contributed by atoms with Crippen molar-refractivity contribution in [2.75, 3.05) is 6.61 Å². The van der Waals surface area contributed by atoms with Crippen LogP contribution in [0.5, 0.6) is 0 Å². The van der Waals surface area contributed by atoms with Gasteiger partial charge in [-0.05, 0) is 31.2 Å². The van der Waals surface area contributed by atoms with Gasteiger partial charge in [0.1, 0.15) is 6.61 Å². The molecule has 0 radical (unpaired) electrons. The number of nitrogens with one attached hydrogen (secondary N) is 1. The Labute approximate surface area is 87.1 Å². The lowest BCUT2D eigenvalue weighted by molar-refractivity contribution is 0.172. The van der Waals surface area contributed by atoms with Crippen LogP contribution in [-0.4, -0.2) is 18.2 Å². The standard InChI is InChI=1S/C10H13NO2S/c1-10(7-13-9(12)11-10)5-4-8-3-2-6-14-8/h2-3,6H,4-5,7H2,1H3,(H,11,12)/t10-/m1/s1. The number of carbonyl (C=O) groups is 1. The molecule has 2 rings (SSSR count). The van der Waals surface area contributed by atoms with Crippen LogP contribution in [0, 0.1) is 0 Å². The molecule has 4 heteroatoms. The van der Waals surface area contributed by atoms with Crippen molar-refractivity contribution in [1.29, 1.82) is 0 Å². The molecule has 1 aliphatic rings. The van der Waals surface area contributed by atoms with Crippen LogP contribution in [0.2, 0.25) is 0 Å². The maximum Gasteiger partial charge on any atom is 0.407 e. The first kappa shape index (κ1) is 9.52. The highest BCUT2D eigenvalue weighted by molar-refractivity contribution is 7.09. The Morgan fingerprint density at radius 1 is 1.71 bits per heavy atom. The van der Waals surface area contributed by atoms with Crippen LogP contribution in [0.1, 0.15) is 18.2 Å². The Balaban J connectivity index is 1.89. The fourth-order valence-corrected chi connectivity index (χ4v) is 2.24. The summed E-state index contributed by atoms with van der Waals surface area (Å²) in [6, 6.07) is 4.16. The highest BCUT2D eigenvalue weighted by Gasteiger charge is 2.34. The molecule has 3 nitrogen and oxygen atoms in total. The first-order valence-electron chi connectivity index (χ1n) is 4.65. The van der Waals surface area contributed by atoms with Crippen LogP contribution < -0.4 is 5.32 Å². The second-order valence-corrected chi connectivity index (χ2v) is 4.87. The molecule has 1 saturated heterocycles. The lowest BCUT2D eigenvalue weighted by Gasteiger charge is -2.19. The molecule has 1 amide bonds. The number of hydrogen-bond donors (Lipinski definition) is 1. The summed E-state index contributed by atoms with van der Waals surface area (Å²) in [5.41, 5.74) is -0.179. The number of thiophene rings is 1. The Hall–Kier alpha value is -1.03. The number of ether oxygens (including phenoxy) is 1. The topological polar surface area (TPSA) is 38.3 Å². The molecule has 76 valence electrons. The Bertz CT molecular complexity index is 323. The summed E-state index contributed by atoms with van der Waals surface area (Å²) in [6.45, 7) is 2.50. The van der Waals surface area contributed by atoms with Gasteiger partial charge in [0.2, 0.25) is 0 Å². The molecule has 0 saturated carbocycles. The predicted molar refractivity (Wildman–Crippen MR) is 55.5 cm³/mol. The fourth-order valence-electron chi connectivity index (χ4n) is 1.53. The van der Waals surface area contributed by atoms with Crippen molar-refractivity contribution in [3.63, 3.8) is 0 Å². The third-order valence-corrected chi connectivity index (χ3v) is 3.37. The van der Waals surface area contributed by atoms with E-state index in [9.17, 15) is 4.79 Å². The van der Waals surface area contributed by atoms with E-state index in [4.69, 9.17) is 4.74 Å². The van der Waals surface area contributed by atoms with Gasteiger partial charge in [0.25, 0.3) is 0 Å². The summed E-state index contributed by atoms with van der Waals surface area (Å²) >= 11 is 1.75. The quantitative estimate of drug-likeness (QED) is 0.832. The Morgan fingerprint density at radius 2 is 2.57 bits per heavy atom. The lowest BCUT2D eigenvalue weighted by atomic mass is 9.97. The second-order valence-electron chi connectivity index (χ2n) is 3.84. The monoisotopic (exact) mass is 211 g/mol. The van der Waals surface area contributed by atoms with Gasteiger partial charge in [0.05, 0.1) is 5.54 Å². The van der Waals surface area contributed by atoms with Gasteiger partial charge >= 0.3 is 6.09 Å². The van der Waals surface area contributed by atoms with Gasteiger partial charge in [0, 0.05) is 4.88 Å². The number of aryl methyl sites for hydroxylation is 1. The van der Waals surface area contributed by atoms with Gasteiger partial charge in [-0.1, -0.05) is 6.07 Å². The SMILES string of the molecule is C[C@@]1(CCc2cccs2)COC(=O)N1. The molecule has 0 unspecified atom stereocenters. The van der Waals surface area contributed by atoms with Gasteiger partial charge in [0.15, 0.2) is 0 Å². The molecule has 0 aromatic carbocycles. The smallest absolute Gasteiger partial charge is 0.407 e. The summed E-state index contributed by atoms with van der Waals surface area (Å²) in [7, 11) is 0. The summed E-state index contributed by atoms with van der Waals surface area (Å²) in [6.07, 6.45) is 1.63. The van der Waals surface area contributed by atoms with Crippen molar-refractivity contribution < 1.29 is 9.53 Å². The number of cyclic esters (lactones) is 1. The van der Waals surface area contributed by atoms with Crippen LogP contribution in [0.15, 0.2) is 17.5 Å². The number of alkyl carbamates (subject to hydrolysis) is 1. The van der Waals surface area contributed by atoms with E-state index in [0.29, 0.717) is 6.61 Å². The van der Waals surface area contributed by atoms with Crippen LogP contribution in [0.3, 0.4) is 0 Å². The average molecular weight is 211 g/mol. The maximum absolute atomic E-state index is 10.9. The number of carbonyl (C=O) groups excluding carboxylic acids is 1. The zero-order valence-electron chi connectivity index (χ0n) is 8.08. The van der Waals surface area contributed by atoms with Gasteiger partial charge in [-0.25, -0.2) is 4.79 Å². The number of hydrogen-bond acceptors (Lipinski definition) is 3. The molecular formula is C10H13NO2S. The van der Waals surface area contributed by atoms with Crippen LogP contribution >= 0.6 is 11.3 Å².